The number of hydrogen-bond donors (Lipinski definition) is 0. The molecule has 0 saturated heterocycles. The van der Waals surface area contributed by atoms with Crippen LogP contribution >= 0.6 is 0 Å². The molecule has 3 rings (SSSR count). The summed E-state index contributed by atoms with van der Waals surface area (Å²) in [7, 11) is 5.72. The second-order valence-electron chi connectivity index (χ2n) is 8.57. The fourth-order valence-electron chi connectivity index (χ4n) is 3.59. The van der Waals surface area contributed by atoms with Crippen molar-refractivity contribution >= 4 is 28.0 Å². The maximum Gasteiger partial charge on any atom is 0.167 e. The van der Waals surface area contributed by atoms with Crippen LogP contribution in [0.25, 0.3) is 0 Å². The third-order valence-corrected chi connectivity index (χ3v) is 10.7. The minimum atomic E-state index is -1.40. The molecular formula is C28H32N2Si2. The first-order chi connectivity index (χ1) is 15.5. The van der Waals surface area contributed by atoms with Gasteiger partial charge in [0.1, 0.15) is 0 Å². The summed E-state index contributed by atoms with van der Waals surface area (Å²) in [5.74, 6) is 6.92. The SMILES string of the molecule is CN(C)C[SiH](C#Cc1cccc(C#C[SiH](CN(C)C)c2ccccc2)c1)c1ccccc1. The monoisotopic (exact) mass is 452 g/mol. The van der Waals surface area contributed by atoms with Crippen LogP contribution in [0.3, 0.4) is 0 Å². The van der Waals surface area contributed by atoms with Crippen LogP contribution in [-0.4, -0.2) is 67.9 Å². The summed E-state index contributed by atoms with van der Waals surface area (Å²) < 4.78 is 0. The highest BCUT2D eigenvalue weighted by molar-refractivity contribution is 6.81. The van der Waals surface area contributed by atoms with Crippen molar-refractivity contribution in [1.82, 2.24) is 9.80 Å². The normalized spacial score (nSPS) is 12.4. The van der Waals surface area contributed by atoms with Crippen LogP contribution in [0.5, 0.6) is 0 Å². The van der Waals surface area contributed by atoms with Gasteiger partial charge in [0.15, 0.2) is 17.6 Å². The van der Waals surface area contributed by atoms with E-state index in [4.69, 9.17) is 0 Å². The molecule has 2 atom stereocenters. The molecule has 32 heavy (non-hydrogen) atoms. The molecule has 0 spiro atoms. The lowest BCUT2D eigenvalue weighted by molar-refractivity contribution is 0.477. The van der Waals surface area contributed by atoms with Crippen molar-refractivity contribution in [2.24, 2.45) is 0 Å². The van der Waals surface area contributed by atoms with Gasteiger partial charge in [-0.15, -0.1) is 11.1 Å². The molecule has 0 radical (unpaired) electrons. The molecule has 4 heteroatoms. The molecule has 3 aromatic carbocycles. The average Bonchev–Trinajstić information content (AvgIpc) is 2.80. The summed E-state index contributed by atoms with van der Waals surface area (Å²) >= 11 is 0. The largest absolute Gasteiger partial charge is 0.311 e. The van der Waals surface area contributed by atoms with Gasteiger partial charge in [-0.1, -0.05) is 78.6 Å². The van der Waals surface area contributed by atoms with E-state index in [-0.39, 0.29) is 0 Å². The molecule has 0 aliphatic rings. The lowest BCUT2D eigenvalue weighted by atomic mass is 10.1. The number of nitrogens with zero attached hydrogens (tertiary/aromatic N) is 2. The fourth-order valence-corrected chi connectivity index (χ4v) is 8.04. The molecule has 0 fully saturated rings. The van der Waals surface area contributed by atoms with Crippen molar-refractivity contribution in [1.29, 1.82) is 0 Å². The van der Waals surface area contributed by atoms with Crippen LogP contribution in [0.4, 0.5) is 0 Å². The van der Waals surface area contributed by atoms with E-state index in [9.17, 15) is 0 Å². The average molecular weight is 453 g/mol. The summed E-state index contributed by atoms with van der Waals surface area (Å²) in [4.78, 5) is 4.50. The highest BCUT2D eigenvalue weighted by Gasteiger charge is 2.12. The minimum absolute atomic E-state index is 1.03. The van der Waals surface area contributed by atoms with Gasteiger partial charge in [-0.05, 0) is 56.8 Å². The zero-order valence-corrected chi connectivity index (χ0v) is 21.9. The maximum absolute atomic E-state index is 3.63. The Morgan fingerprint density at radius 2 is 0.969 bits per heavy atom. The van der Waals surface area contributed by atoms with Crippen molar-refractivity contribution in [3.63, 3.8) is 0 Å². The van der Waals surface area contributed by atoms with Gasteiger partial charge in [0.2, 0.25) is 0 Å². The molecule has 3 aromatic rings. The topological polar surface area (TPSA) is 6.48 Å². The van der Waals surface area contributed by atoms with Crippen molar-refractivity contribution in [3.05, 3.63) is 96.1 Å². The highest BCUT2D eigenvalue weighted by atomic mass is 28.3. The lowest BCUT2D eigenvalue weighted by Crippen LogP contribution is -2.39. The second-order valence-corrected chi connectivity index (χ2v) is 13.4. The zero-order valence-electron chi connectivity index (χ0n) is 19.5. The lowest BCUT2D eigenvalue weighted by Gasteiger charge is -2.15. The molecule has 2 unspecified atom stereocenters. The van der Waals surface area contributed by atoms with Crippen molar-refractivity contribution < 1.29 is 0 Å². The molecule has 0 bridgehead atoms. The third-order valence-electron chi connectivity index (χ3n) is 5.14. The van der Waals surface area contributed by atoms with E-state index in [2.05, 4.69) is 146 Å². The van der Waals surface area contributed by atoms with Crippen molar-refractivity contribution in [2.45, 2.75) is 0 Å². The van der Waals surface area contributed by atoms with Crippen LogP contribution in [0.1, 0.15) is 11.1 Å². The van der Waals surface area contributed by atoms with Crippen LogP contribution in [0.2, 0.25) is 0 Å². The second kappa shape index (κ2) is 12.2. The predicted octanol–water partition coefficient (Wildman–Crippen LogP) is 1.94. The molecule has 0 saturated carbocycles. The van der Waals surface area contributed by atoms with Gasteiger partial charge in [0, 0.05) is 23.5 Å². The van der Waals surface area contributed by atoms with Crippen LogP contribution in [-0.2, 0) is 0 Å². The summed E-state index contributed by atoms with van der Waals surface area (Å²) in [5.41, 5.74) is 9.36. The van der Waals surface area contributed by atoms with Crippen LogP contribution < -0.4 is 10.4 Å². The van der Waals surface area contributed by atoms with E-state index in [1.165, 1.54) is 10.4 Å². The molecule has 0 aromatic heterocycles. The van der Waals surface area contributed by atoms with Gasteiger partial charge in [0.05, 0.1) is 0 Å². The van der Waals surface area contributed by atoms with E-state index in [1.807, 2.05) is 0 Å². The molecule has 0 aliphatic carbocycles. The first-order valence-corrected chi connectivity index (χ1v) is 15.0. The number of benzene rings is 3. The Labute approximate surface area is 197 Å². The van der Waals surface area contributed by atoms with Crippen LogP contribution in [0, 0.1) is 22.9 Å². The molecule has 0 heterocycles. The van der Waals surface area contributed by atoms with Gasteiger partial charge >= 0.3 is 0 Å². The molecular weight excluding hydrogens is 420 g/mol. The van der Waals surface area contributed by atoms with E-state index >= 15 is 0 Å². The van der Waals surface area contributed by atoms with Gasteiger partial charge in [0.25, 0.3) is 0 Å². The molecule has 0 aliphatic heterocycles. The van der Waals surface area contributed by atoms with Gasteiger partial charge in [-0.3, -0.25) is 0 Å². The Balaban J connectivity index is 1.83. The highest BCUT2D eigenvalue weighted by Crippen LogP contribution is 2.03. The van der Waals surface area contributed by atoms with E-state index < -0.39 is 17.6 Å². The van der Waals surface area contributed by atoms with Gasteiger partial charge in [-0.25, -0.2) is 0 Å². The predicted molar refractivity (Wildman–Crippen MR) is 144 cm³/mol. The first kappa shape index (κ1) is 23.8. The van der Waals surface area contributed by atoms with Gasteiger partial charge < -0.3 is 9.80 Å². The number of rotatable bonds is 6. The summed E-state index contributed by atoms with van der Waals surface area (Å²) in [6, 6.07) is 29.9. The third kappa shape index (κ3) is 7.68. The Morgan fingerprint density at radius 3 is 1.34 bits per heavy atom. The Kier molecular flexibility index (Phi) is 9.10. The first-order valence-electron chi connectivity index (χ1n) is 11.0. The maximum atomic E-state index is 3.63. The quantitative estimate of drug-likeness (QED) is 0.417. The molecule has 0 amide bonds. The molecule has 162 valence electrons. The van der Waals surface area contributed by atoms with Crippen molar-refractivity contribution in [3.8, 4) is 22.9 Å². The summed E-state index contributed by atoms with van der Waals surface area (Å²) in [6.45, 7) is 0. The molecule has 0 N–H and O–H groups in total. The summed E-state index contributed by atoms with van der Waals surface area (Å²) in [6.07, 6.45) is 2.07. The Morgan fingerprint density at radius 1 is 0.562 bits per heavy atom. The standard InChI is InChI=1S/C28H32N2Si2/c1-29(2)23-31(27-14-7-5-8-15-27)20-18-25-12-11-13-26(22-25)19-21-32(24-30(3)4)28-16-9-6-10-17-28/h5-17,22,31-32H,23-24H2,1-4H3. The van der Waals surface area contributed by atoms with Gasteiger partial charge in [-0.2, -0.15) is 0 Å². The Bertz CT molecular complexity index is 1020. The van der Waals surface area contributed by atoms with Crippen LogP contribution in [0.15, 0.2) is 84.9 Å². The van der Waals surface area contributed by atoms with E-state index in [0.29, 0.717) is 0 Å². The smallest absolute Gasteiger partial charge is 0.167 e. The minimum Gasteiger partial charge on any atom is -0.311 e. The van der Waals surface area contributed by atoms with E-state index in [1.54, 1.807) is 0 Å². The molecule has 2 nitrogen and oxygen atoms in total. The Hall–Kier alpha value is -2.87. The van der Waals surface area contributed by atoms with Crippen molar-refractivity contribution in [2.75, 3.05) is 40.5 Å². The summed E-state index contributed by atoms with van der Waals surface area (Å²) in [5, 5.41) is 2.79. The fraction of sp³-hybridized carbons (Fsp3) is 0.214. The number of hydrogen-bond acceptors (Lipinski definition) is 2. The van der Waals surface area contributed by atoms with E-state index in [0.717, 1.165) is 23.5 Å². The zero-order chi connectivity index (χ0) is 22.8.